The highest BCUT2D eigenvalue weighted by Crippen LogP contribution is 2.30. The Kier molecular flexibility index (Phi) is 2.66. The van der Waals surface area contributed by atoms with E-state index in [9.17, 15) is 9.59 Å². The Morgan fingerprint density at radius 2 is 2.32 bits per heavy atom. The monoisotopic (exact) mass is 260 g/mol. The number of aromatic amines is 1. The lowest BCUT2D eigenvalue weighted by Crippen LogP contribution is -2.22. The minimum absolute atomic E-state index is 0.0450. The van der Waals surface area contributed by atoms with Crippen molar-refractivity contribution in [1.82, 2.24) is 14.8 Å². The molecule has 3 rings (SSSR count). The van der Waals surface area contributed by atoms with Crippen LogP contribution in [-0.2, 0) is 11.3 Å². The van der Waals surface area contributed by atoms with Crippen molar-refractivity contribution < 1.29 is 4.79 Å². The zero-order chi connectivity index (χ0) is 13.6. The average Bonchev–Trinajstić information content (AvgIpc) is 3.14. The molecule has 0 aliphatic heterocycles. The number of nitrogens with zero attached hydrogens (tertiary/aromatic N) is 2. The van der Waals surface area contributed by atoms with Crippen LogP contribution in [0.15, 0.2) is 10.9 Å². The molecule has 2 heterocycles. The molecular weight excluding hydrogens is 244 g/mol. The van der Waals surface area contributed by atoms with Crippen LogP contribution >= 0.6 is 0 Å². The Bertz CT molecular complexity index is 709. The molecule has 100 valence electrons. The van der Waals surface area contributed by atoms with Crippen LogP contribution < -0.4 is 10.9 Å². The minimum Gasteiger partial charge on any atom is -0.312 e. The quantitative estimate of drug-likeness (QED) is 0.875. The van der Waals surface area contributed by atoms with Crippen LogP contribution in [0.25, 0.3) is 10.9 Å². The third-order valence-electron chi connectivity index (χ3n) is 3.54. The molecule has 1 amide bonds. The highest BCUT2D eigenvalue weighted by Gasteiger charge is 2.30. The van der Waals surface area contributed by atoms with Gasteiger partial charge in [-0.1, -0.05) is 0 Å². The van der Waals surface area contributed by atoms with E-state index in [0.29, 0.717) is 23.3 Å². The fourth-order valence-corrected chi connectivity index (χ4v) is 2.31. The molecule has 0 aromatic carbocycles. The van der Waals surface area contributed by atoms with Crippen molar-refractivity contribution in [3.63, 3.8) is 0 Å². The minimum atomic E-state index is -0.114. The first-order valence-electron chi connectivity index (χ1n) is 6.51. The molecule has 1 aliphatic carbocycles. The number of pyridine rings is 1. The maximum absolute atomic E-state index is 12.4. The van der Waals surface area contributed by atoms with E-state index in [2.05, 4.69) is 15.5 Å². The van der Waals surface area contributed by atoms with Crippen LogP contribution in [0, 0.1) is 12.8 Å². The van der Waals surface area contributed by atoms with Gasteiger partial charge in [0, 0.05) is 18.2 Å². The second-order valence-electron chi connectivity index (χ2n) is 4.96. The highest BCUT2D eigenvalue weighted by atomic mass is 16.2. The molecule has 1 aliphatic rings. The first-order chi connectivity index (χ1) is 9.11. The second-order valence-corrected chi connectivity index (χ2v) is 4.96. The molecule has 6 nitrogen and oxygen atoms in total. The van der Waals surface area contributed by atoms with Gasteiger partial charge in [-0.2, -0.15) is 5.10 Å². The van der Waals surface area contributed by atoms with Gasteiger partial charge in [0.1, 0.15) is 5.39 Å². The number of aryl methyl sites for hydroxylation is 1. The van der Waals surface area contributed by atoms with Gasteiger partial charge in [0.25, 0.3) is 5.56 Å². The number of fused-ring (bicyclic) bond motifs is 1. The summed E-state index contributed by atoms with van der Waals surface area (Å²) in [7, 11) is 0. The summed E-state index contributed by atoms with van der Waals surface area (Å²) in [6.45, 7) is 4.40. The summed E-state index contributed by atoms with van der Waals surface area (Å²) in [4.78, 5) is 24.2. The lowest BCUT2D eigenvalue weighted by Gasteiger charge is -2.07. The SMILES string of the molecule is CCn1c(C)cc2[nH]nc(NC(=O)C3CC3)c2c1=O. The first-order valence-corrected chi connectivity index (χ1v) is 6.51. The number of aromatic nitrogens is 3. The van der Waals surface area contributed by atoms with E-state index in [1.54, 1.807) is 4.57 Å². The third kappa shape index (κ3) is 1.93. The van der Waals surface area contributed by atoms with E-state index >= 15 is 0 Å². The highest BCUT2D eigenvalue weighted by molar-refractivity contribution is 6.00. The number of hydrogen-bond donors (Lipinski definition) is 2. The van der Waals surface area contributed by atoms with Gasteiger partial charge < -0.3 is 9.88 Å². The summed E-state index contributed by atoms with van der Waals surface area (Å²) >= 11 is 0. The van der Waals surface area contributed by atoms with Crippen LogP contribution in [-0.4, -0.2) is 20.7 Å². The molecule has 0 saturated heterocycles. The predicted molar refractivity (Wildman–Crippen MR) is 72.1 cm³/mol. The number of amides is 1. The molecule has 1 saturated carbocycles. The molecule has 0 spiro atoms. The van der Waals surface area contributed by atoms with Crippen LogP contribution in [0.3, 0.4) is 0 Å². The normalized spacial score (nSPS) is 14.8. The van der Waals surface area contributed by atoms with Crippen molar-refractivity contribution in [1.29, 1.82) is 0 Å². The van der Waals surface area contributed by atoms with Gasteiger partial charge >= 0.3 is 0 Å². The fraction of sp³-hybridized carbons (Fsp3) is 0.462. The van der Waals surface area contributed by atoms with Crippen molar-refractivity contribution in [3.8, 4) is 0 Å². The predicted octanol–water partition coefficient (Wildman–Crippen LogP) is 1.40. The first kappa shape index (κ1) is 12.0. The molecule has 19 heavy (non-hydrogen) atoms. The van der Waals surface area contributed by atoms with Gasteiger partial charge in [-0.3, -0.25) is 14.7 Å². The number of hydrogen-bond acceptors (Lipinski definition) is 3. The number of nitrogens with one attached hydrogen (secondary N) is 2. The molecule has 2 N–H and O–H groups in total. The van der Waals surface area contributed by atoms with Crippen LogP contribution in [0.4, 0.5) is 5.82 Å². The summed E-state index contributed by atoms with van der Waals surface area (Å²) in [6, 6.07) is 1.88. The lowest BCUT2D eigenvalue weighted by molar-refractivity contribution is -0.117. The summed E-state index contributed by atoms with van der Waals surface area (Å²) < 4.78 is 1.67. The Morgan fingerprint density at radius 1 is 1.58 bits per heavy atom. The van der Waals surface area contributed by atoms with Crippen LogP contribution in [0.2, 0.25) is 0 Å². The van der Waals surface area contributed by atoms with Gasteiger partial charge in [0.05, 0.1) is 5.52 Å². The Hall–Kier alpha value is -2.11. The van der Waals surface area contributed by atoms with E-state index < -0.39 is 0 Å². The van der Waals surface area contributed by atoms with Crippen molar-refractivity contribution in [2.75, 3.05) is 5.32 Å². The Balaban J connectivity index is 2.10. The zero-order valence-electron chi connectivity index (χ0n) is 11.0. The molecule has 1 fully saturated rings. The number of anilines is 1. The largest absolute Gasteiger partial charge is 0.312 e. The standard InChI is InChI=1S/C13H16N4O2/c1-3-17-7(2)6-9-10(13(17)19)11(16-15-9)14-12(18)8-4-5-8/h6,8H,3-5H2,1-2H3,(H2,14,15,16,18). The van der Waals surface area contributed by atoms with Gasteiger partial charge in [-0.15, -0.1) is 0 Å². The molecule has 0 unspecified atom stereocenters. The van der Waals surface area contributed by atoms with Gasteiger partial charge in [-0.25, -0.2) is 0 Å². The molecule has 0 radical (unpaired) electrons. The van der Waals surface area contributed by atoms with Gasteiger partial charge in [-0.05, 0) is 32.8 Å². The van der Waals surface area contributed by atoms with Crippen LogP contribution in [0.1, 0.15) is 25.5 Å². The molecule has 0 atom stereocenters. The van der Waals surface area contributed by atoms with E-state index in [1.807, 2.05) is 19.9 Å². The number of carbonyl (C=O) groups is 1. The maximum Gasteiger partial charge on any atom is 0.264 e. The van der Waals surface area contributed by atoms with E-state index in [-0.39, 0.29) is 17.4 Å². The Labute approximate surface area is 109 Å². The van der Waals surface area contributed by atoms with Crippen molar-refractivity contribution in [2.45, 2.75) is 33.2 Å². The average molecular weight is 260 g/mol. The number of rotatable bonds is 3. The summed E-state index contributed by atoms with van der Waals surface area (Å²) in [5.74, 6) is 0.390. The molecular formula is C13H16N4O2. The summed E-state index contributed by atoms with van der Waals surface area (Å²) in [5, 5.41) is 10.1. The molecule has 0 bridgehead atoms. The van der Waals surface area contributed by atoms with Crippen molar-refractivity contribution >= 4 is 22.6 Å². The number of H-pyrrole nitrogens is 1. The van der Waals surface area contributed by atoms with Crippen molar-refractivity contribution in [3.05, 3.63) is 22.1 Å². The van der Waals surface area contributed by atoms with E-state index in [1.165, 1.54) is 0 Å². The second kappa shape index (κ2) is 4.22. The molecule has 2 aromatic heterocycles. The number of carbonyl (C=O) groups excluding carboxylic acids is 1. The topological polar surface area (TPSA) is 79.8 Å². The molecule has 6 heteroatoms. The van der Waals surface area contributed by atoms with Crippen LogP contribution in [0.5, 0.6) is 0 Å². The van der Waals surface area contributed by atoms with Gasteiger partial charge in [0.15, 0.2) is 5.82 Å². The summed E-state index contributed by atoms with van der Waals surface area (Å²) in [5.41, 5.74) is 1.43. The third-order valence-corrected chi connectivity index (χ3v) is 3.54. The summed E-state index contributed by atoms with van der Waals surface area (Å²) in [6.07, 6.45) is 1.85. The molecule has 2 aromatic rings. The van der Waals surface area contributed by atoms with Crippen molar-refractivity contribution in [2.24, 2.45) is 5.92 Å². The lowest BCUT2D eigenvalue weighted by atomic mass is 10.2. The maximum atomic E-state index is 12.4. The van der Waals surface area contributed by atoms with Gasteiger partial charge in [0.2, 0.25) is 5.91 Å². The smallest absolute Gasteiger partial charge is 0.264 e. The zero-order valence-corrected chi connectivity index (χ0v) is 11.0. The Morgan fingerprint density at radius 3 is 2.95 bits per heavy atom. The fourth-order valence-electron chi connectivity index (χ4n) is 2.31. The van der Waals surface area contributed by atoms with E-state index in [0.717, 1.165) is 18.5 Å². The van der Waals surface area contributed by atoms with E-state index in [4.69, 9.17) is 0 Å².